The molecule has 0 radical (unpaired) electrons. The van der Waals surface area contributed by atoms with Gasteiger partial charge in [0, 0.05) is 19.3 Å². The molecule has 2 aliphatic rings. The maximum Gasteiger partial charge on any atom is 0.0469 e. The van der Waals surface area contributed by atoms with Crippen molar-refractivity contribution < 1.29 is 4.74 Å². The highest BCUT2D eigenvalue weighted by atomic mass is 16.5. The normalized spacial score (nSPS) is 26.4. The van der Waals surface area contributed by atoms with Crippen LogP contribution in [0, 0.1) is 11.8 Å². The van der Waals surface area contributed by atoms with Crippen LogP contribution in [0.3, 0.4) is 0 Å². The molecule has 82 valence electrons. The van der Waals surface area contributed by atoms with Gasteiger partial charge in [-0.15, -0.1) is 0 Å². The van der Waals surface area contributed by atoms with E-state index in [9.17, 15) is 0 Å². The highest BCUT2D eigenvalue weighted by molar-refractivity contribution is 4.81. The van der Waals surface area contributed by atoms with Gasteiger partial charge in [-0.1, -0.05) is 12.8 Å². The average molecular weight is 197 g/mol. The van der Waals surface area contributed by atoms with Gasteiger partial charge < -0.3 is 10.1 Å². The predicted molar refractivity (Wildman–Crippen MR) is 58.3 cm³/mol. The minimum Gasteiger partial charge on any atom is -0.381 e. The second-order valence-corrected chi connectivity index (χ2v) is 4.87. The van der Waals surface area contributed by atoms with E-state index in [0.717, 1.165) is 31.1 Å². The zero-order valence-electron chi connectivity index (χ0n) is 9.30. The Bertz CT molecular complexity index is 162. The van der Waals surface area contributed by atoms with Crippen molar-refractivity contribution in [1.29, 1.82) is 0 Å². The summed E-state index contributed by atoms with van der Waals surface area (Å²) < 4.78 is 5.40. The molecule has 0 aromatic rings. The summed E-state index contributed by atoms with van der Waals surface area (Å²) in [6, 6.07) is 0.750. The van der Waals surface area contributed by atoms with E-state index in [4.69, 9.17) is 4.74 Å². The molecule has 0 aromatic heterocycles. The van der Waals surface area contributed by atoms with Crippen molar-refractivity contribution >= 4 is 0 Å². The number of nitrogens with one attached hydrogen (secondary N) is 1. The van der Waals surface area contributed by atoms with E-state index in [-0.39, 0.29) is 0 Å². The fraction of sp³-hybridized carbons (Fsp3) is 1.00. The highest BCUT2D eigenvalue weighted by Gasteiger charge is 2.26. The molecular formula is C12H23NO. The molecule has 2 fully saturated rings. The Morgan fingerprint density at radius 3 is 2.50 bits per heavy atom. The summed E-state index contributed by atoms with van der Waals surface area (Å²) in [4.78, 5) is 0. The van der Waals surface area contributed by atoms with Crippen molar-refractivity contribution in [3.63, 3.8) is 0 Å². The monoisotopic (exact) mass is 197 g/mol. The molecule has 2 nitrogen and oxygen atoms in total. The smallest absolute Gasteiger partial charge is 0.0469 e. The molecule has 1 N–H and O–H groups in total. The molecular weight excluding hydrogens is 174 g/mol. The standard InChI is InChI=1S/C12H23NO/c1-13-12(5-4-10-2-3-10)11-6-8-14-9-7-11/h10-13H,2-9H2,1H3. The first kappa shape index (κ1) is 10.4. The minimum atomic E-state index is 0.750. The SMILES string of the molecule is CNC(CCC1CC1)C1CCOCC1. The van der Waals surface area contributed by atoms with Crippen LogP contribution in [0.1, 0.15) is 38.5 Å². The number of rotatable bonds is 5. The Balaban J connectivity index is 1.71. The van der Waals surface area contributed by atoms with Crippen LogP contribution in [0.5, 0.6) is 0 Å². The van der Waals surface area contributed by atoms with Crippen molar-refractivity contribution in [2.45, 2.75) is 44.6 Å². The summed E-state index contributed by atoms with van der Waals surface area (Å²) in [6.07, 6.45) is 8.33. The third-order valence-electron chi connectivity index (χ3n) is 3.79. The maximum absolute atomic E-state index is 5.40. The maximum atomic E-state index is 5.40. The van der Waals surface area contributed by atoms with Crippen LogP contribution >= 0.6 is 0 Å². The van der Waals surface area contributed by atoms with Crippen LogP contribution in [0.25, 0.3) is 0 Å². The largest absolute Gasteiger partial charge is 0.381 e. The van der Waals surface area contributed by atoms with Crippen LogP contribution in [0.15, 0.2) is 0 Å². The molecule has 1 unspecified atom stereocenters. The highest BCUT2D eigenvalue weighted by Crippen LogP contribution is 2.35. The Kier molecular flexibility index (Phi) is 3.82. The first-order chi connectivity index (χ1) is 6.90. The van der Waals surface area contributed by atoms with E-state index in [1.165, 1.54) is 38.5 Å². The lowest BCUT2D eigenvalue weighted by molar-refractivity contribution is 0.0532. The third kappa shape index (κ3) is 2.96. The minimum absolute atomic E-state index is 0.750. The fourth-order valence-corrected chi connectivity index (χ4v) is 2.56. The van der Waals surface area contributed by atoms with Gasteiger partial charge in [-0.05, 0) is 44.6 Å². The van der Waals surface area contributed by atoms with Gasteiger partial charge in [0.1, 0.15) is 0 Å². The molecule has 1 aliphatic heterocycles. The van der Waals surface area contributed by atoms with Gasteiger partial charge in [0.15, 0.2) is 0 Å². The lowest BCUT2D eigenvalue weighted by atomic mass is 9.88. The van der Waals surface area contributed by atoms with Gasteiger partial charge in [-0.25, -0.2) is 0 Å². The zero-order chi connectivity index (χ0) is 9.80. The first-order valence-corrected chi connectivity index (χ1v) is 6.15. The fourth-order valence-electron chi connectivity index (χ4n) is 2.56. The average Bonchev–Trinajstić information content (AvgIpc) is 3.04. The van der Waals surface area contributed by atoms with Gasteiger partial charge in [-0.3, -0.25) is 0 Å². The number of hydrogen-bond donors (Lipinski definition) is 1. The van der Waals surface area contributed by atoms with Gasteiger partial charge in [0.2, 0.25) is 0 Å². The zero-order valence-corrected chi connectivity index (χ0v) is 9.30. The van der Waals surface area contributed by atoms with Crippen molar-refractivity contribution in [3.8, 4) is 0 Å². The van der Waals surface area contributed by atoms with Crippen molar-refractivity contribution in [2.24, 2.45) is 11.8 Å². The lowest BCUT2D eigenvalue weighted by Gasteiger charge is -2.30. The van der Waals surface area contributed by atoms with Crippen LogP contribution in [0.2, 0.25) is 0 Å². The summed E-state index contributed by atoms with van der Waals surface area (Å²) in [6.45, 7) is 1.96. The van der Waals surface area contributed by atoms with E-state index in [1.807, 2.05) is 0 Å². The summed E-state index contributed by atoms with van der Waals surface area (Å²) in [5.74, 6) is 1.94. The van der Waals surface area contributed by atoms with Crippen LogP contribution in [-0.2, 0) is 4.74 Å². The quantitative estimate of drug-likeness (QED) is 0.729. The van der Waals surface area contributed by atoms with E-state index in [1.54, 1.807) is 0 Å². The Labute approximate surface area is 87.4 Å². The summed E-state index contributed by atoms with van der Waals surface area (Å²) in [7, 11) is 2.12. The molecule has 0 spiro atoms. The Hall–Kier alpha value is -0.0800. The Morgan fingerprint density at radius 1 is 1.21 bits per heavy atom. The van der Waals surface area contributed by atoms with Gasteiger partial charge in [0.25, 0.3) is 0 Å². The van der Waals surface area contributed by atoms with Crippen LogP contribution in [0.4, 0.5) is 0 Å². The van der Waals surface area contributed by atoms with Gasteiger partial charge in [-0.2, -0.15) is 0 Å². The molecule has 2 heteroatoms. The summed E-state index contributed by atoms with van der Waals surface area (Å²) in [5, 5.41) is 3.50. The second-order valence-electron chi connectivity index (χ2n) is 4.87. The molecule has 2 rings (SSSR count). The topological polar surface area (TPSA) is 21.3 Å². The molecule has 1 heterocycles. The predicted octanol–water partition coefficient (Wildman–Crippen LogP) is 2.19. The van der Waals surface area contributed by atoms with Gasteiger partial charge >= 0.3 is 0 Å². The molecule has 1 atom stereocenters. The number of ether oxygens (including phenoxy) is 1. The van der Waals surface area contributed by atoms with Crippen molar-refractivity contribution in [1.82, 2.24) is 5.32 Å². The molecule has 1 saturated carbocycles. The summed E-state index contributed by atoms with van der Waals surface area (Å²) >= 11 is 0. The van der Waals surface area contributed by atoms with Gasteiger partial charge in [0.05, 0.1) is 0 Å². The van der Waals surface area contributed by atoms with E-state index < -0.39 is 0 Å². The third-order valence-corrected chi connectivity index (χ3v) is 3.79. The summed E-state index contributed by atoms with van der Waals surface area (Å²) in [5.41, 5.74) is 0. The lowest BCUT2D eigenvalue weighted by Crippen LogP contribution is -2.37. The molecule has 0 bridgehead atoms. The van der Waals surface area contributed by atoms with E-state index >= 15 is 0 Å². The van der Waals surface area contributed by atoms with Crippen LogP contribution < -0.4 is 5.32 Å². The van der Waals surface area contributed by atoms with E-state index in [0.29, 0.717) is 0 Å². The molecule has 0 amide bonds. The second kappa shape index (κ2) is 5.13. The van der Waals surface area contributed by atoms with Crippen molar-refractivity contribution in [3.05, 3.63) is 0 Å². The Morgan fingerprint density at radius 2 is 1.93 bits per heavy atom. The molecule has 0 aromatic carbocycles. The van der Waals surface area contributed by atoms with Crippen molar-refractivity contribution in [2.75, 3.05) is 20.3 Å². The molecule has 1 aliphatic carbocycles. The number of hydrogen-bond acceptors (Lipinski definition) is 2. The molecule has 1 saturated heterocycles. The van der Waals surface area contributed by atoms with E-state index in [2.05, 4.69) is 12.4 Å². The van der Waals surface area contributed by atoms with Crippen LogP contribution in [-0.4, -0.2) is 26.3 Å². The molecule has 14 heavy (non-hydrogen) atoms. The first-order valence-electron chi connectivity index (χ1n) is 6.15.